The van der Waals surface area contributed by atoms with Crippen molar-refractivity contribution in [2.45, 2.75) is 31.2 Å². The van der Waals surface area contributed by atoms with Gasteiger partial charge in [0.25, 0.3) is 0 Å². The number of hydrogen-bond acceptors (Lipinski definition) is 5. The van der Waals surface area contributed by atoms with Gasteiger partial charge in [0, 0.05) is 5.56 Å². The summed E-state index contributed by atoms with van der Waals surface area (Å²) in [4.78, 5) is 18.2. The van der Waals surface area contributed by atoms with E-state index in [9.17, 15) is 4.79 Å². The number of carbonyl (C=O) groups excluding carboxylic acids is 1. The van der Waals surface area contributed by atoms with Crippen molar-refractivity contribution in [3.8, 4) is 10.7 Å². The van der Waals surface area contributed by atoms with Crippen LogP contribution in [0.4, 0.5) is 0 Å². The smallest absolute Gasteiger partial charge is 0.209 e. The molecule has 0 amide bonds. The second-order valence-corrected chi connectivity index (χ2v) is 7.64. The van der Waals surface area contributed by atoms with Crippen molar-refractivity contribution < 1.29 is 4.79 Å². The number of nitrogens with zero attached hydrogens (tertiary/aromatic N) is 2. The van der Waals surface area contributed by atoms with Crippen LogP contribution < -0.4 is 0 Å². The Balaban J connectivity index is 1.75. The van der Waals surface area contributed by atoms with Crippen molar-refractivity contribution in [1.82, 2.24) is 15.2 Å². The molecule has 0 spiro atoms. The van der Waals surface area contributed by atoms with E-state index >= 15 is 0 Å². The predicted octanol–water partition coefficient (Wildman–Crippen LogP) is 4.51. The SMILES string of the molecule is Cc1ccc(C)c(C(=O)[C@@H](C)Sc2n[nH]c(-c3cccs3)n2)c1. The highest BCUT2D eigenvalue weighted by molar-refractivity contribution is 8.00. The molecule has 0 saturated carbocycles. The molecule has 0 aliphatic heterocycles. The van der Waals surface area contributed by atoms with Gasteiger partial charge in [-0.2, -0.15) is 0 Å². The van der Waals surface area contributed by atoms with Gasteiger partial charge in [0.2, 0.25) is 5.16 Å². The van der Waals surface area contributed by atoms with Crippen molar-refractivity contribution in [2.75, 3.05) is 0 Å². The van der Waals surface area contributed by atoms with Crippen molar-refractivity contribution in [2.24, 2.45) is 0 Å². The number of aromatic amines is 1. The van der Waals surface area contributed by atoms with Gasteiger partial charge >= 0.3 is 0 Å². The van der Waals surface area contributed by atoms with Crippen molar-refractivity contribution in [3.05, 3.63) is 52.4 Å². The summed E-state index contributed by atoms with van der Waals surface area (Å²) in [6, 6.07) is 9.92. The lowest BCUT2D eigenvalue weighted by Crippen LogP contribution is -2.15. The molecule has 1 N–H and O–H groups in total. The summed E-state index contributed by atoms with van der Waals surface area (Å²) < 4.78 is 0. The van der Waals surface area contributed by atoms with Crippen molar-refractivity contribution >= 4 is 28.9 Å². The van der Waals surface area contributed by atoms with Crippen LogP contribution in [-0.2, 0) is 0 Å². The van der Waals surface area contributed by atoms with Crippen LogP contribution in [-0.4, -0.2) is 26.2 Å². The standard InChI is InChI=1S/C17H17N3OS2/c1-10-6-7-11(2)13(9-10)15(21)12(3)23-17-18-16(19-20-17)14-5-4-8-22-14/h4-9,12H,1-3H3,(H,18,19,20)/t12-/m1/s1. The molecule has 1 atom stereocenters. The molecule has 0 aliphatic rings. The number of H-pyrrole nitrogens is 1. The van der Waals surface area contributed by atoms with E-state index < -0.39 is 0 Å². The quantitative estimate of drug-likeness (QED) is 0.547. The number of thioether (sulfide) groups is 1. The number of ketones is 1. The highest BCUT2D eigenvalue weighted by Crippen LogP contribution is 2.27. The van der Waals surface area contributed by atoms with Crippen LogP contribution >= 0.6 is 23.1 Å². The van der Waals surface area contributed by atoms with Gasteiger partial charge in [-0.3, -0.25) is 9.89 Å². The Labute approximate surface area is 143 Å². The summed E-state index contributed by atoms with van der Waals surface area (Å²) in [5.41, 5.74) is 2.87. The van der Waals surface area contributed by atoms with Crippen molar-refractivity contribution in [3.63, 3.8) is 0 Å². The van der Waals surface area contributed by atoms with Gasteiger partial charge in [-0.1, -0.05) is 35.5 Å². The molecule has 3 aromatic rings. The van der Waals surface area contributed by atoms with Crippen LogP contribution in [0.25, 0.3) is 10.7 Å². The number of thiophene rings is 1. The summed E-state index contributed by atoms with van der Waals surface area (Å²) in [6.07, 6.45) is 0. The van der Waals surface area contributed by atoms with E-state index in [0.29, 0.717) is 5.16 Å². The molecule has 2 aromatic heterocycles. The Morgan fingerprint density at radius 2 is 2.13 bits per heavy atom. The molecular formula is C17H17N3OS2. The fraction of sp³-hybridized carbons (Fsp3) is 0.235. The molecule has 1 aromatic carbocycles. The minimum atomic E-state index is -0.234. The first kappa shape index (κ1) is 16.0. The van der Waals surface area contributed by atoms with Crippen LogP contribution in [0.3, 0.4) is 0 Å². The second kappa shape index (κ2) is 6.68. The van der Waals surface area contributed by atoms with Crippen LogP contribution in [0.15, 0.2) is 40.9 Å². The van der Waals surface area contributed by atoms with Crippen molar-refractivity contribution in [1.29, 1.82) is 0 Å². The minimum Gasteiger partial charge on any atom is -0.293 e. The topological polar surface area (TPSA) is 58.6 Å². The number of hydrogen-bond donors (Lipinski definition) is 1. The molecule has 0 bridgehead atoms. The van der Waals surface area contributed by atoms with Crippen LogP contribution in [0, 0.1) is 13.8 Å². The Hall–Kier alpha value is -1.92. The molecule has 0 saturated heterocycles. The van der Waals surface area contributed by atoms with E-state index in [1.54, 1.807) is 11.3 Å². The summed E-state index contributed by atoms with van der Waals surface area (Å²) in [7, 11) is 0. The summed E-state index contributed by atoms with van der Waals surface area (Å²) in [5, 5.41) is 9.50. The summed E-state index contributed by atoms with van der Waals surface area (Å²) >= 11 is 2.99. The van der Waals surface area contributed by atoms with Gasteiger partial charge < -0.3 is 0 Å². The maximum atomic E-state index is 12.7. The number of carbonyl (C=O) groups is 1. The largest absolute Gasteiger partial charge is 0.293 e. The van der Waals surface area contributed by atoms with Gasteiger partial charge in [0.05, 0.1) is 10.1 Å². The molecule has 0 radical (unpaired) electrons. The average Bonchev–Trinajstić information content (AvgIpc) is 3.19. The lowest BCUT2D eigenvalue weighted by molar-refractivity contribution is 0.0993. The zero-order valence-corrected chi connectivity index (χ0v) is 14.8. The molecule has 118 valence electrons. The Bertz CT molecular complexity index is 824. The van der Waals surface area contributed by atoms with E-state index in [0.717, 1.165) is 27.4 Å². The average molecular weight is 343 g/mol. The number of nitrogens with one attached hydrogen (secondary N) is 1. The number of aromatic nitrogens is 3. The predicted molar refractivity (Wildman–Crippen MR) is 95.3 cm³/mol. The highest BCUT2D eigenvalue weighted by Gasteiger charge is 2.20. The normalized spacial score (nSPS) is 12.3. The van der Waals surface area contributed by atoms with E-state index in [4.69, 9.17) is 0 Å². The molecule has 4 nitrogen and oxygen atoms in total. The highest BCUT2D eigenvalue weighted by atomic mass is 32.2. The van der Waals surface area contributed by atoms with Gasteiger partial charge in [-0.15, -0.1) is 16.4 Å². The lowest BCUT2D eigenvalue weighted by atomic mass is 10.0. The Kier molecular flexibility index (Phi) is 4.63. The molecular weight excluding hydrogens is 326 g/mol. The fourth-order valence-corrected chi connectivity index (χ4v) is 3.71. The number of benzene rings is 1. The first-order valence-corrected chi connectivity index (χ1v) is 9.05. The molecule has 23 heavy (non-hydrogen) atoms. The minimum absolute atomic E-state index is 0.110. The maximum Gasteiger partial charge on any atom is 0.209 e. The van der Waals surface area contributed by atoms with Gasteiger partial charge in [-0.25, -0.2) is 4.98 Å². The van der Waals surface area contributed by atoms with E-state index in [1.165, 1.54) is 11.8 Å². The van der Waals surface area contributed by atoms with E-state index in [-0.39, 0.29) is 11.0 Å². The molecule has 6 heteroatoms. The van der Waals surface area contributed by atoms with Gasteiger partial charge in [0.1, 0.15) is 0 Å². The van der Waals surface area contributed by atoms with Gasteiger partial charge in [0.15, 0.2) is 11.6 Å². The molecule has 0 aliphatic carbocycles. The number of rotatable bonds is 5. The van der Waals surface area contributed by atoms with Crippen LogP contribution in [0.5, 0.6) is 0 Å². The lowest BCUT2D eigenvalue weighted by Gasteiger charge is -2.11. The van der Waals surface area contributed by atoms with Gasteiger partial charge in [-0.05, 0) is 43.8 Å². The third-order valence-corrected chi connectivity index (χ3v) is 5.37. The third-order valence-electron chi connectivity index (χ3n) is 3.53. The molecule has 0 fully saturated rings. The van der Waals surface area contributed by atoms with E-state index in [1.807, 2.05) is 56.5 Å². The first-order chi connectivity index (χ1) is 11.0. The third kappa shape index (κ3) is 3.54. The zero-order valence-electron chi connectivity index (χ0n) is 13.2. The Morgan fingerprint density at radius 1 is 1.30 bits per heavy atom. The fourth-order valence-electron chi connectivity index (χ4n) is 2.25. The summed E-state index contributed by atoms with van der Waals surface area (Å²) in [5.74, 6) is 0.854. The number of Topliss-reactive ketones (excluding diaryl/α,β-unsaturated/α-hetero) is 1. The first-order valence-electron chi connectivity index (χ1n) is 7.29. The van der Waals surface area contributed by atoms with E-state index in [2.05, 4.69) is 15.2 Å². The van der Waals surface area contributed by atoms with Crippen LogP contribution in [0.2, 0.25) is 0 Å². The Morgan fingerprint density at radius 3 is 2.87 bits per heavy atom. The second-order valence-electron chi connectivity index (χ2n) is 5.39. The monoisotopic (exact) mass is 343 g/mol. The molecule has 0 unspecified atom stereocenters. The molecule has 3 rings (SSSR count). The maximum absolute atomic E-state index is 12.7. The zero-order chi connectivity index (χ0) is 16.4. The van der Waals surface area contributed by atoms with Crippen LogP contribution in [0.1, 0.15) is 28.4 Å². The molecule has 2 heterocycles. The number of aryl methyl sites for hydroxylation is 2. The summed E-state index contributed by atoms with van der Waals surface area (Å²) in [6.45, 7) is 5.86.